The molecule has 0 aliphatic heterocycles. The Morgan fingerprint density at radius 2 is 1.94 bits per heavy atom. The summed E-state index contributed by atoms with van der Waals surface area (Å²) >= 11 is 0. The maximum Gasteiger partial charge on any atom is 0.179 e. The van der Waals surface area contributed by atoms with Crippen molar-refractivity contribution in [3.05, 3.63) is 18.3 Å². The number of anilines is 1. The number of aromatic nitrogens is 1. The molecule has 0 aliphatic carbocycles. The fourth-order valence-corrected chi connectivity index (χ4v) is 2.48. The van der Waals surface area contributed by atoms with Crippen LogP contribution >= 0.6 is 0 Å². The van der Waals surface area contributed by atoms with Gasteiger partial charge in [-0.2, -0.15) is 0 Å². The summed E-state index contributed by atoms with van der Waals surface area (Å²) in [5.41, 5.74) is 0. The van der Waals surface area contributed by atoms with Crippen LogP contribution in [0.4, 0.5) is 5.82 Å². The third-order valence-corrected chi connectivity index (χ3v) is 3.86. The molecule has 0 fully saturated rings. The van der Waals surface area contributed by atoms with E-state index in [1.807, 2.05) is 6.92 Å². The van der Waals surface area contributed by atoms with Crippen molar-refractivity contribution in [1.82, 2.24) is 4.98 Å². The zero-order chi connectivity index (χ0) is 13.8. The average molecular weight is 270 g/mol. The maximum absolute atomic E-state index is 11.6. The SMILES string of the molecule is CC(C)CCC(C)Nc1ncccc1S(C)(=O)=O. The predicted octanol–water partition coefficient (Wildman–Crippen LogP) is 2.72. The molecule has 0 spiro atoms. The number of nitrogens with zero attached hydrogens (tertiary/aromatic N) is 1. The molecule has 0 aliphatic rings. The highest BCUT2D eigenvalue weighted by Crippen LogP contribution is 2.19. The average Bonchev–Trinajstić information content (AvgIpc) is 2.25. The van der Waals surface area contributed by atoms with Crippen LogP contribution in [0.3, 0.4) is 0 Å². The van der Waals surface area contributed by atoms with Gasteiger partial charge < -0.3 is 5.32 Å². The summed E-state index contributed by atoms with van der Waals surface area (Å²) in [5.74, 6) is 1.10. The van der Waals surface area contributed by atoms with E-state index >= 15 is 0 Å². The van der Waals surface area contributed by atoms with Crippen molar-refractivity contribution in [3.63, 3.8) is 0 Å². The van der Waals surface area contributed by atoms with Crippen LogP contribution in [0.25, 0.3) is 0 Å². The summed E-state index contributed by atoms with van der Waals surface area (Å²) < 4.78 is 23.2. The fourth-order valence-electron chi connectivity index (χ4n) is 1.69. The van der Waals surface area contributed by atoms with Crippen molar-refractivity contribution in [2.24, 2.45) is 5.92 Å². The van der Waals surface area contributed by atoms with Crippen LogP contribution in [0.15, 0.2) is 23.2 Å². The minimum Gasteiger partial charge on any atom is -0.367 e. The molecular formula is C13H22N2O2S. The van der Waals surface area contributed by atoms with Gasteiger partial charge >= 0.3 is 0 Å². The van der Waals surface area contributed by atoms with Crippen LogP contribution in [0.2, 0.25) is 0 Å². The van der Waals surface area contributed by atoms with Gasteiger partial charge in [-0.15, -0.1) is 0 Å². The predicted molar refractivity (Wildman–Crippen MR) is 74.5 cm³/mol. The second-order valence-corrected chi connectivity index (χ2v) is 7.12. The first kappa shape index (κ1) is 15.0. The second-order valence-electron chi connectivity index (χ2n) is 5.14. The Morgan fingerprint density at radius 3 is 2.50 bits per heavy atom. The number of sulfone groups is 1. The zero-order valence-electron chi connectivity index (χ0n) is 11.5. The van der Waals surface area contributed by atoms with Crippen LogP contribution in [-0.4, -0.2) is 25.7 Å². The van der Waals surface area contributed by atoms with Crippen molar-refractivity contribution in [1.29, 1.82) is 0 Å². The topological polar surface area (TPSA) is 59.1 Å². The Labute approximate surface area is 110 Å². The molecular weight excluding hydrogens is 248 g/mol. The van der Waals surface area contributed by atoms with Crippen LogP contribution in [0.1, 0.15) is 33.6 Å². The van der Waals surface area contributed by atoms with E-state index in [9.17, 15) is 8.42 Å². The zero-order valence-corrected chi connectivity index (χ0v) is 12.3. The van der Waals surface area contributed by atoms with E-state index in [4.69, 9.17) is 0 Å². The molecule has 1 rings (SSSR count). The third-order valence-electron chi connectivity index (χ3n) is 2.73. The highest BCUT2D eigenvalue weighted by Gasteiger charge is 2.15. The van der Waals surface area contributed by atoms with E-state index < -0.39 is 9.84 Å². The molecule has 1 unspecified atom stereocenters. The van der Waals surface area contributed by atoms with Gasteiger partial charge in [-0.1, -0.05) is 13.8 Å². The van der Waals surface area contributed by atoms with E-state index in [2.05, 4.69) is 24.1 Å². The first-order valence-electron chi connectivity index (χ1n) is 6.22. The van der Waals surface area contributed by atoms with Crippen molar-refractivity contribution >= 4 is 15.7 Å². The summed E-state index contributed by atoms with van der Waals surface area (Å²) in [6.45, 7) is 6.40. The molecule has 0 saturated heterocycles. The molecule has 18 heavy (non-hydrogen) atoms. The number of nitrogens with one attached hydrogen (secondary N) is 1. The quantitative estimate of drug-likeness (QED) is 0.863. The monoisotopic (exact) mass is 270 g/mol. The number of hydrogen-bond donors (Lipinski definition) is 1. The van der Waals surface area contributed by atoms with E-state index in [1.54, 1.807) is 18.3 Å². The van der Waals surface area contributed by atoms with Gasteiger partial charge in [0.15, 0.2) is 9.84 Å². The van der Waals surface area contributed by atoms with Crippen LogP contribution in [-0.2, 0) is 9.84 Å². The number of rotatable bonds is 6. The molecule has 1 aromatic rings. The molecule has 0 amide bonds. The number of pyridine rings is 1. The summed E-state index contributed by atoms with van der Waals surface area (Å²) in [5, 5.41) is 3.18. The maximum atomic E-state index is 11.6. The Hall–Kier alpha value is -1.10. The highest BCUT2D eigenvalue weighted by molar-refractivity contribution is 7.90. The molecule has 102 valence electrons. The summed E-state index contributed by atoms with van der Waals surface area (Å²) in [6, 6.07) is 3.43. The number of hydrogen-bond acceptors (Lipinski definition) is 4. The Balaban J connectivity index is 2.79. The van der Waals surface area contributed by atoms with E-state index in [-0.39, 0.29) is 10.9 Å². The van der Waals surface area contributed by atoms with E-state index in [0.717, 1.165) is 12.8 Å². The molecule has 0 aromatic carbocycles. The largest absolute Gasteiger partial charge is 0.367 e. The van der Waals surface area contributed by atoms with Gasteiger partial charge in [0.25, 0.3) is 0 Å². The van der Waals surface area contributed by atoms with Crippen LogP contribution < -0.4 is 5.32 Å². The van der Waals surface area contributed by atoms with Gasteiger partial charge in [0.1, 0.15) is 10.7 Å². The van der Waals surface area contributed by atoms with Crippen LogP contribution in [0, 0.1) is 5.92 Å². The standard InChI is InChI=1S/C13H22N2O2S/c1-10(2)7-8-11(3)15-13-12(18(4,16)17)6-5-9-14-13/h5-6,9-11H,7-8H2,1-4H3,(H,14,15). The summed E-state index contributed by atoms with van der Waals surface area (Å²) in [7, 11) is -3.24. The molecule has 1 heterocycles. The van der Waals surface area contributed by atoms with Gasteiger partial charge in [-0.05, 0) is 37.8 Å². The highest BCUT2D eigenvalue weighted by atomic mass is 32.2. The Bertz CT molecular complexity index is 484. The van der Waals surface area contributed by atoms with Crippen molar-refractivity contribution in [2.45, 2.75) is 44.6 Å². The normalized spacial score (nSPS) is 13.6. The van der Waals surface area contributed by atoms with E-state index in [0.29, 0.717) is 11.7 Å². The molecule has 5 heteroatoms. The Kier molecular flexibility index (Phi) is 5.14. The molecule has 1 atom stereocenters. The lowest BCUT2D eigenvalue weighted by Gasteiger charge is -2.17. The third kappa shape index (κ3) is 4.64. The molecule has 0 saturated carbocycles. The first-order valence-corrected chi connectivity index (χ1v) is 8.11. The molecule has 4 nitrogen and oxygen atoms in total. The summed E-state index contributed by atoms with van der Waals surface area (Å²) in [6.07, 6.45) is 4.91. The van der Waals surface area contributed by atoms with E-state index in [1.165, 1.54) is 6.26 Å². The molecule has 1 aromatic heterocycles. The van der Waals surface area contributed by atoms with Crippen molar-refractivity contribution < 1.29 is 8.42 Å². The molecule has 0 bridgehead atoms. The lowest BCUT2D eigenvalue weighted by molar-refractivity contribution is 0.526. The lowest BCUT2D eigenvalue weighted by atomic mass is 10.0. The first-order chi connectivity index (χ1) is 8.30. The fraction of sp³-hybridized carbons (Fsp3) is 0.615. The minimum absolute atomic E-state index is 0.211. The minimum atomic E-state index is -3.24. The van der Waals surface area contributed by atoms with Gasteiger partial charge in [-0.25, -0.2) is 13.4 Å². The van der Waals surface area contributed by atoms with Crippen molar-refractivity contribution in [3.8, 4) is 0 Å². The molecule has 0 radical (unpaired) electrons. The van der Waals surface area contributed by atoms with Gasteiger partial charge in [0.2, 0.25) is 0 Å². The van der Waals surface area contributed by atoms with Gasteiger partial charge in [-0.3, -0.25) is 0 Å². The van der Waals surface area contributed by atoms with Gasteiger partial charge in [0.05, 0.1) is 0 Å². The smallest absolute Gasteiger partial charge is 0.179 e. The Morgan fingerprint density at radius 1 is 1.28 bits per heavy atom. The van der Waals surface area contributed by atoms with Crippen molar-refractivity contribution in [2.75, 3.05) is 11.6 Å². The lowest BCUT2D eigenvalue weighted by Crippen LogP contribution is -2.18. The van der Waals surface area contributed by atoms with Gasteiger partial charge in [0, 0.05) is 18.5 Å². The molecule has 1 N–H and O–H groups in total. The van der Waals surface area contributed by atoms with Crippen LogP contribution in [0.5, 0.6) is 0 Å². The second kappa shape index (κ2) is 6.18. The summed E-state index contributed by atoms with van der Waals surface area (Å²) in [4.78, 5) is 4.39.